The third-order valence-corrected chi connectivity index (χ3v) is 15.2. The Labute approximate surface area is 447 Å². The fraction of sp³-hybridized carbons (Fsp3) is 0.582. The van der Waals surface area contributed by atoms with Gasteiger partial charge >= 0.3 is 0 Å². The van der Waals surface area contributed by atoms with E-state index in [1.54, 1.807) is 26.6 Å². The molecule has 6 heterocycles. The van der Waals surface area contributed by atoms with Gasteiger partial charge in [0.1, 0.15) is 23.3 Å². The summed E-state index contributed by atoms with van der Waals surface area (Å²) in [6, 6.07) is 21.5. The van der Waals surface area contributed by atoms with Crippen LogP contribution in [0.2, 0.25) is 10.0 Å². The molecule has 0 unspecified atom stereocenters. The maximum atomic E-state index is 12.3. The molecular formula is C55H74Cl2N12O5. The van der Waals surface area contributed by atoms with Gasteiger partial charge in [0.05, 0.1) is 57.6 Å². The van der Waals surface area contributed by atoms with E-state index in [2.05, 4.69) is 67.9 Å². The van der Waals surface area contributed by atoms with Crippen LogP contribution in [-0.4, -0.2) is 123 Å². The van der Waals surface area contributed by atoms with E-state index in [0.717, 1.165) is 104 Å². The lowest BCUT2D eigenvalue weighted by atomic mass is 9.82. The van der Waals surface area contributed by atoms with E-state index >= 15 is 0 Å². The summed E-state index contributed by atoms with van der Waals surface area (Å²) in [5, 5.41) is 41.0. The molecule has 0 radical (unpaired) electrons. The number of anilines is 4. The minimum atomic E-state index is -0.440. The molecule has 0 bridgehead atoms. The van der Waals surface area contributed by atoms with Gasteiger partial charge in [0.25, 0.3) is 0 Å². The zero-order valence-electron chi connectivity index (χ0n) is 43.4. The van der Waals surface area contributed by atoms with E-state index in [1.807, 2.05) is 48.5 Å². The first-order valence-electron chi connectivity index (χ1n) is 26.1. The molecule has 17 nitrogen and oxygen atoms in total. The van der Waals surface area contributed by atoms with Crippen molar-refractivity contribution in [3.8, 4) is 34.7 Å². The molecule has 6 N–H and O–H groups in total. The third kappa shape index (κ3) is 16.3. The van der Waals surface area contributed by atoms with Gasteiger partial charge < -0.3 is 50.8 Å². The summed E-state index contributed by atoms with van der Waals surface area (Å²) in [7, 11) is 3.37. The number of ether oxygens (including phenoxy) is 4. The quantitative estimate of drug-likeness (QED) is 0.0453. The van der Waals surface area contributed by atoms with Gasteiger partial charge in [-0.05, 0) is 127 Å². The van der Waals surface area contributed by atoms with Gasteiger partial charge in [-0.25, -0.2) is 19.9 Å². The largest absolute Gasteiger partial charge is 0.383 e. The Balaban J connectivity index is 0.000000216. The average Bonchev–Trinajstić information content (AvgIpc) is 3.42. The molecule has 4 aromatic heterocycles. The predicted octanol–water partition coefficient (Wildman–Crippen LogP) is 9.53. The van der Waals surface area contributed by atoms with Crippen molar-refractivity contribution < 1.29 is 23.7 Å². The maximum Gasteiger partial charge on any atom is 0.223 e. The Morgan fingerprint density at radius 2 is 1.15 bits per heavy atom. The van der Waals surface area contributed by atoms with E-state index in [-0.39, 0.29) is 23.4 Å². The minimum Gasteiger partial charge on any atom is -0.383 e. The van der Waals surface area contributed by atoms with Crippen LogP contribution in [0.25, 0.3) is 22.5 Å². The highest BCUT2D eigenvalue weighted by atomic mass is 35.5. The number of rotatable bonds is 20. The second kappa shape index (κ2) is 27.4. The Bertz CT molecular complexity index is 2510. The highest BCUT2D eigenvalue weighted by Gasteiger charge is 2.34. The van der Waals surface area contributed by atoms with Gasteiger partial charge in [-0.3, -0.25) is 4.79 Å². The highest BCUT2D eigenvalue weighted by Crippen LogP contribution is 2.35. The summed E-state index contributed by atoms with van der Waals surface area (Å²) >= 11 is 13.1. The standard InChI is InChI=1S/C28H39ClN6O2.C27H35ClN6O3/c1-27(2,19-36-3)35-21-9-7-20(8-10-21)33-26-15-22(23(29)16-31-26)24-5-4-6-25(34-24)32-18-28(17-30)11-13-37-14-12-28;1-36-14-11-30-26(35)19-5-7-20(8-6-19)33-25-15-21(22(28)16-31-25)23-3-2-4-24(34-23)32-18-27(17-29)9-12-37-13-10-27/h4-6,15-16,20-21,35H,7-14,18-19H2,1-3H3,(H,31,33)(H,32,34);2-4,15-16,19-20H,5-14,18H2,1H3,(H,30,35)(H,31,33)(H,32,34)/t20-,21-;19-,20-. The Kier molecular flexibility index (Phi) is 20.9. The summed E-state index contributed by atoms with van der Waals surface area (Å²) in [4.78, 5) is 30.9. The highest BCUT2D eigenvalue weighted by molar-refractivity contribution is 6.33. The zero-order valence-corrected chi connectivity index (χ0v) is 44.9. The molecule has 4 aromatic rings. The maximum absolute atomic E-state index is 12.3. The van der Waals surface area contributed by atoms with E-state index in [1.165, 1.54) is 0 Å². The Morgan fingerprint density at radius 3 is 1.59 bits per heavy atom. The fourth-order valence-corrected chi connectivity index (χ4v) is 10.6. The van der Waals surface area contributed by atoms with Gasteiger partial charge in [-0.2, -0.15) is 10.5 Å². The summed E-state index contributed by atoms with van der Waals surface area (Å²) in [5.41, 5.74) is 2.24. The lowest BCUT2D eigenvalue weighted by Gasteiger charge is -2.36. The molecule has 398 valence electrons. The van der Waals surface area contributed by atoms with E-state index in [9.17, 15) is 15.3 Å². The van der Waals surface area contributed by atoms with Gasteiger partial charge in [0, 0.05) is 113 Å². The molecule has 8 rings (SSSR count). The van der Waals surface area contributed by atoms with Crippen LogP contribution in [0.5, 0.6) is 0 Å². The zero-order chi connectivity index (χ0) is 52.4. The number of methoxy groups -OCH3 is 2. The molecular weight excluding hydrogens is 980 g/mol. The Morgan fingerprint density at radius 1 is 0.689 bits per heavy atom. The molecule has 4 aliphatic rings. The molecule has 2 aliphatic heterocycles. The first kappa shape index (κ1) is 56.4. The monoisotopic (exact) mass is 1050 g/mol. The molecule has 0 aromatic carbocycles. The smallest absolute Gasteiger partial charge is 0.223 e. The van der Waals surface area contributed by atoms with Crippen molar-refractivity contribution in [1.29, 1.82) is 10.5 Å². The van der Waals surface area contributed by atoms with Crippen molar-refractivity contribution in [3.63, 3.8) is 0 Å². The van der Waals surface area contributed by atoms with E-state index < -0.39 is 10.8 Å². The number of carbonyl (C=O) groups is 1. The van der Waals surface area contributed by atoms with Crippen LogP contribution in [0.15, 0.2) is 60.9 Å². The summed E-state index contributed by atoms with van der Waals surface area (Å²) < 4.78 is 21.2. The van der Waals surface area contributed by atoms with Crippen LogP contribution in [-0.2, 0) is 23.7 Å². The summed E-state index contributed by atoms with van der Waals surface area (Å²) in [6.07, 6.45) is 14.0. The van der Waals surface area contributed by atoms with Gasteiger partial charge in [-0.15, -0.1) is 0 Å². The minimum absolute atomic E-state index is 0.0251. The molecule has 4 fully saturated rings. The second-order valence-corrected chi connectivity index (χ2v) is 21.6. The van der Waals surface area contributed by atoms with Crippen molar-refractivity contribution in [3.05, 3.63) is 71.0 Å². The number of aromatic nitrogens is 4. The molecule has 19 heteroatoms. The van der Waals surface area contributed by atoms with Gasteiger partial charge in [0.15, 0.2) is 0 Å². The van der Waals surface area contributed by atoms with Crippen LogP contribution in [0.1, 0.15) is 90.9 Å². The number of nitrogens with one attached hydrogen (secondary N) is 6. The van der Waals surface area contributed by atoms with E-state index in [4.69, 9.17) is 52.1 Å². The van der Waals surface area contributed by atoms with E-state index in [0.29, 0.717) is 100 Å². The van der Waals surface area contributed by atoms with Crippen molar-refractivity contribution >= 4 is 52.4 Å². The molecule has 1 amide bonds. The summed E-state index contributed by atoms with van der Waals surface area (Å²) in [5.74, 6) is 3.12. The number of hydrogen-bond acceptors (Lipinski definition) is 16. The number of amides is 1. The van der Waals surface area contributed by atoms with Crippen molar-refractivity contribution in [2.75, 3.05) is 94.8 Å². The summed E-state index contributed by atoms with van der Waals surface area (Å²) in [6.45, 7) is 9.65. The van der Waals surface area contributed by atoms with Crippen molar-refractivity contribution in [2.24, 2.45) is 16.7 Å². The molecule has 74 heavy (non-hydrogen) atoms. The molecule has 2 aliphatic carbocycles. The van der Waals surface area contributed by atoms with Gasteiger partial charge in [0.2, 0.25) is 5.91 Å². The van der Waals surface area contributed by atoms with Gasteiger partial charge in [-0.1, -0.05) is 35.3 Å². The van der Waals surface area contributed by atoms with Crippen LogP contribution < -0.4 is 31.9 Å². The van der Waals surface area contributed by atoms with Crippen LogP contribution in [0, 0.1) is 39.4 Å². The number of carbonyl (C=O) groups excluding carboxylic acids is 1. The van der Waals surface area contributed by atoms with Crippen LogP contribution in [0.4, 0.5) is 23.3 Å². The fourth-order valence-electron chi connectivity index (χ4n) is 10.2. The molecule has 0 spiro atoms. The predicted molar refractivity (Wildman–Crippen MR) is 291 cm³/mol. The SMILES string of the molecule is COCC(C)(C)N[C@H]1CC[C@H](Nc2cc(-c3cccc(NCC4(C#N)CCOCC4)n3)c(Cl)cn2)CC1.COCCNC(=O)[C@H]1CC[C@H](Nc2cc(-c3cccc(NCC4(C#N)CCOCC4)n3)c(Cl)cn2)CC1. The number of halogens is 2. The molecule has 2 saturated heterocycles. The first-order valence-corrected chi connectivity index (χ1v) is 26.9. The number of pyridine rings is 4. The normalized spacial score (nSPS) is 21.4. The van der Waals surface area contributed by atoms with Crippen LogP contribution in [0.3, 0.4) is 0 Å². The van der Waals surface area contributed by atoms with Crippen molar-refractivity contribution in [2.45, 2.75) is 115 Å². The number of hydrogen-bond donors (Lipinski definition) is 6. The number of nitrogens with zero attached hydrogens (tertiary/aromatic N) is 6. The molecule has 2 saturated carbocycles. The topological polar surface area (TPSA) is 225 Å². The lowest BCUT2D eigenvalue weighted by Crippen LogP contribution is -2.50. The lowest BCUT2D eigenvalue weighted by molar-refractivity contribution is -0.126. The van der Waals surface area contributed by atoms with Crippen molar-refractivity contribution in [1.82, 2.24) is 30.6 Å². The van der Waals surface area contributed by atoms with Crippen LogP contribution >= 0.6 is 23.2 Å². The molecule has 0 atom stereocenters. The second-order valence-electron chi connectivity index (χ2n) is 20.8. The number of nitriles is 2. The average molecular weight is 1050 g/mol. The third-order valence-electron chi connectivity index (χ3n) is 14.6. The Hall–Kier alpha value is -5.37. The first-order chi connectivity index (χ1) is 35.8.